The molecule has 0 radical (unpaired) electrons. The standard InChI is InChI=1S/C19H32N2/c1-5-10-20-19(18-9-7-6-8-17(18)4)14-21-12-15(2)11-16(3)13-21/h6-9,15-16,19-20H,5,10-14H2,1-4H3. The molecule has 0 aromatic heterocycles. The van der Waals surface area contributed by atoms with E-state index in [-0.39, 0.29) is 0 Å². The van der Waals surface area contributed by atoms with Crippen molar-refractivity contribution in [3.05, 3.63) is 35.4 Å². The molecule has 21 heavy (non-hydrogen) atoms. The van der Waals surface area contributed by atoms with Crippen molar-refractivity contribution < 1.29 is 0 Å². The minimum absolute atomic E-state index is 0.462. The van der Waals surface area contributed by atoms with Gasteiger partial charge in [0.2, 0.25) is 0 Å². The highest BCUT2D eigenvalue weighted by Crippen LogP contribution is 2.24. The van der Waals surface area contributed by atoms with Crippen LogP contribution in [0.15, 0.2) is 24.3 Å². The van der Waals surface area contributed by atoms with Gasteiger partial charge in [-0.15, -0.1) is 0 Å². The summed E-state index contributed by atoms with van der Waals surface area (Å²) < 4.78 is 0. The molecule has 1 aromatic rings. The average molecular weight is 288 g/mol. The third kappa shape index (κ3) is 4.82. The number of hydrogen-bond donors (Lipinski definition) is 1. The molecule has 1 fully saturated rings. The van der Waals surface area contributed by atoms with Gasteiger partial charge < -0.3 is 10.2 Å². The number of benzene rings is 1. The van der Waals surface area contributed by atoms with Gasteiger partial charge >= 0.3 is 0 Å². The molecule has 0 spiro atoms. The van der Waals surface area contributed by atoms with Crippen LogP contribution < -0.4 is 5.32 Å². The van der Waals surface area contributed by atoms with Crippen LogP contribution in [0.5, 0.6) is 0 Å². The first kappa shape index (κ1) is 16.5. The lowest BCUT2D eigenvalue weighted by Gasteiger charge is -2.37. The van der Waals surface area contributed by atoms with E-state index in [0.29, 0.717) is 6.04 Å². The van der Waals surface area contributed by atoms with Crippen LogP contribution in [0.25, 0.3) is 0 Å². The van der Waals surface area contributed by atoms with E-state index in [1.54, 1.807) is 0 Å². The quantitative estimate of drug-likeness (QED) is 0.850. The van der Waals surface area contributed by atoms with E-state index >= 15 is 0 Å². The van der Waals surface area contributed by atoms with Crippen molar-refractivity contribution in [2.24, 2.45) is 11.8 Å². The highest BCUT2D eigenvalue weighted by Gasteiger charge is 2.24. The van der Waals surface area contributed by atoms with Gasteiger partial charge in [-0.05, 0) is 49.3 Å². The van der Waals surface area contributed by atoms with Gasteiger partial charge in [0.05, 0.1) is 0 Å². The largest absolute Gasteiger partial charge is 0.309 e. The number of aryl methyl sites for hydroxylation is 1. The van der Waals surface area contributed by atoms with Gasteiger partial charge in [-0.1, -0.05) is 45.0 Å². The van der Waals surface area contributed by atoms with Crippen LogP contribution in [-0.2, 0) is 0 Å². The van der Waals surface area contributed by atoms with Crippen molar-refractivity contribution in [1.82, 2.24) is 10.2 Å². The van der Waals surface area contributed by atoms with E-state index in [2.05, 4.69) is 62.2 Å². The number of nitrogens with zero attached hydrogens (tertiary/aromatic N) is 1. The Morgan fingerprint density at radius 3 is 2.48 bits per heavy atom. The van der Waals surface area contributed by atoms with Gasteiger partial charge in [-0.2, -0.15) is 0 Å². The Kier molecular flexibility index (Phi) is 6.25. The minimum atomic E-state index is 0.462. The van der Waals surface area contributed by atoms with Crippen LogP contribution in [0.4, 0.5) is 0 Å². The van der Waals surface area contributed by atoms with Gasteiger partial charge in [0, 0.05) is 25.7 Å². The molecule has 1 aliphatic rings. The molecule has 118 valence electrons. The summed E-state index contributed by atoms with van der Waals surface area (Å²) in [6.45, 7) is 14.0. The predicted octanol–water partition coefficient (Wildman–Crippen LogP) is 4.01. The Morgan fingerprint density at radius 1 is 1.19 bits per heavy atom. The molecule has 2 rings (SSSR count). The smallest absolute Gasteiger partial charge is 0.0451 e. The topological polar surface area (TPSA) is 15.3 Å². The van der Waals surface area contributed by atoms with Crippen molar-refractivity contribution in [2.75, 3.05) is 26.2 Å². The van der Waals surface area contributed by atoms with Crippen molar-refractivity contribution in [1.29, 1.82) is 0 Å². The second-order valence-electron chi connectivity index (χ2n) is 7.03. The number of piperidine rings is 1. The van der Waals surface area contributed by atoms with Crippen molar-refractivity contribution in [2.45, 2.75) is 46.6 Å². The van der Waals surface area contributed by atoms with E-state index < -0.39 is 0 Å². The molecule has 0 amide bonds. The zero-order chi connectivity index (χ0) is 15.2. The van der Waals surface area contributed by atoms with Gasteiger partial charge in [-0.3, -0.25) is 0 Å². The Bertz CT molecular complexity index is 419. The van der Waals surface area contributed by atoms with Crippen LogP contribution in [0.2, 0.25) is 0 Å². The zero-order valence-electron chi connectivity index (χ0n) is 14.2. The lowest BCUT2D eigenvalue weighted by atomic mass is 9.91. The van der Waals surface area contributed by atoms with Crippen LogP contribution in [0.3, 0.4) is 0 Å². The van der Waals surface area contributed by atoms with Crippen LogP contribution in [-0.4, -0.2) is 31.1 Å². The van der Waals surface area contributed by atoms with Crippen LogP contribution >= 0.6 is 0 Å². The van der Waals surface area contributed by atoms with E-state index in [4.69, 9.17) is 0 Å². The fourth-order valence-corrected chi connectivity index (χ4v) is 3.77. The monoisotopic (exact) mass is 288 g/mol. The summed E-state index contributed by atoms with van der Waals surface area (Å²) in [7, 11) is 0. The fourth-order valence-electron chi connectivity index (χ4n) is 3.77. The lowest BCUT2D eigenvalue weighted by Crippen LogP contribution is -2.43. The fraction of sp³-hybridized carbons (Fsp3) is 0.684. The molecule has 0 aliphatic carbocycles. The number of nitrogens with one attached hydrogen (secondary N) is 1. The van der Waals surface area contributed by atoms with Crippen molar-refractivity contribution >= 4 is 0 Å². The van der Waals surface area contributed by atoms with Crippen molar-refractivity contribution in [3.63, 3.8) is 0 Å². The van der Waals surface area contributed by atoms with E-state index in [9.17, 15) is 0 Å². The number of rotatable bonds is 6. The highest BCUT2D eigenvalue weighted by atomic mass is 15.2. The second-order valence-corrected chi connectivity index (χ2v) is 7.03. The third-order valence-electron chi connectivity index (χ3n) is 4.59. The summed E-state index contributed by atoms with van der Waals surface area (Å²) in [6, 6.07) is 9.30. The van der Waals surface area contributed by atoms with Gasteiger partial charge in [0.25, 0.3) is 0 Å². The molecular formula is C19H32N2. The minimum Gasteiger partial charge on any atom is -0.309 e. The van der Waals surface area contributed by atoms with Gasteiger partial charge in [-0.25, -0.2) is 0 Å². The Morgan fingerprint density at radius 2 is 1.86 bits per heavy atom. The molecule has 2 heteroatoms. The normalized spacial score (nSPS) is 25.0. The molecular weight excluding hydrogens is 256 g/mol. The summed E-state index contributed by atoms with van der Waals surface area (Å²) in [4.78, 5) is 2.67. The van der Waals surface area contributed by atoms with Gasteiger partial charge in [0.1, 0.15) is 0 Å². The molecule has 0 bridgehead atoms. The van der Waals surface area contributed by atoms with E-state index in [0.717, 1.165) is 24.9 Å². The summed E-state index contributed by atoms with van der Waals surface area (Å²) in [6.07, 6.45) is 2.57. The number of hydrogen-bond acceptors (Lipinski definition) is 2. The maximum Gasteiger partial charge on any atom is 0.0451 e. The molecule has 2 nitrogen and oxygen atoms in total. The first-order chi connectivity index (χ1) is 10.1. The number of likely N-dealkylation sites (tertiary alicyclic amines) is 1. The molecule has 3 atom stereocenters. The average Bonchev–Trinajstić information content (AvgIpc) is 2.43. The summed E-state index contributed by atoms with van der Waals surface area (Å²) >= 11 is 0. The Labute approximate surface area is 130 Å². The molecule has 1 saturated heterocycles. The summed E-state index contributed by atoms with van der Waals surface area (Å²) in [5, 5.41) is 3.76. The van der Waals surface area contributed by atoms with E-state index in [1.807, 2.05) is 0 Å². The first-order valence-electron chi connectivity index (χ1n) is 8.61. The van der Waals surface area contributed by atoms with Crippen molar-refractivity contribution in [3.8, 4) is 0 Å². The molecule has 1 aliphatic heterocycles. The SMILES string of the molecule is CCCNC(CN1CC(C)CC(C)C1)c1ccccc1C. The molecule has 0 saturated carbocycles. The summed E-state index contributed by atoms with van der Waals surface area (Å²) in [5.41, 5.74) is 2.88. The molecule has 1 heterocycles. The maximum absolute atomic E-state index is 3.76. The molecule has 1 N–H and O–H groups in total. The highest BCUT2D eigenvalue weighted by molar-refractivity contribution is 5.29. The Balaban J connectivity index is 2.07. The Hall–Kier alpha value is -0.860. The van der Waals surface area contributed by atoms with Gasteiger partial charge in [0.15, 0.2) is 0 Å². The van der Waals surface area contributed by atoms with Crippen LogP contribution in [0, 0.1) is 18.8 Å². The molecule has 3 unspecified atom stereocenters. The lowest BCUT2D eigenvalue weighted by molar-refractivity contribution is 0.128. The third-order valence-corrected chi connectivity index (χ3v) is 4.59. The maximum atomic E-state index is 3.76. The molecule has 1 aromatic carbocycles. The first-order valence-corrected chi connectivity index (χ1v) is 8.61. The predicted molar refractivity (Wildman–Crippen MR) is 91.6 cm³/mol. The zero-order valence-corrected chi connectivity index (χ0v) is 14.2. The van der Waals surface area contributed by atoms with E-state index in [1.165, 1.54) is 37.1 Å². The van der Waals surface area contributed by atoms with Crippen LogP contribution in [0.1, 0.15) is 50.8 Å². The summed E-state index contributed by atoms with van der Waals surface area (Å²) in [5.74, 6) is 1.66. The second kappa shape index (κ2) is 7.95.